The fourth-order valence-corrected chi connectivity index (χ4v) is 13.3. The van der Waals surface area contributed by atoms with Gasteiger partial charge in [0.05, 0.1) is 102 Å². The number of hydrogen-bond acceptors (Lipinski definition) is 25. The maximum absolute atomic E-state index is 13.9. The first-order valence-corrected chi connectivity index (χ1v) is 33.1. The Morgan fingerprint density at radius 2 is 0.826 bits per heavy atom. The molecule has 502 valence electrons. The number of aliphatic hydroxyl groups is 10. The Labute approximate surface area is 503 Å². The minimum atomic E-state index is -4.99. The van der Waals surface area contributed by atoms with Gasteiger partial charge in [-0.05, 0) is 50.9 Å². The van der Waals surface area contributed by atoms with Crippen molar-refractivity contribution in [1.29, 1.82) is 0 Å². The number of ether oxygens (including phenoxy) is 6. The Morgan fingerprint density at radius 1 is 0.512 bits per heavy atom. The number of amides is 3. The van der Waals surface area contributed by atoms with Gasteiger partial charge in [-0.3, -0.25) is 32.5 Å². The molecule has 6 fully saturated rings. The Morgan fingerprint density at radius 3 is 1.16 bits per heavy atom. The number of β-amino-alcohol motifs (C(OH)–C–C–N with tert-alkyl or cyclic N) is 1. The zero-order chi connectivity index (χ0) is 63.8. The first kappa shape index (κ1) is 74.7. The summed E-state index contributed by atoms with van der Waals surface area (Å²) >= 11 is 0. The average Bonchev–Trinajstić information content (AvgIpc) is 3.35. The molecule has 6 rings (SSSR count). The van der Waals surface area contributed by atoms with Gasteiger partial charge in [-0.25, -0.2) is 9.13 Å². The van der Waals surface area contributed by atoms with Gasteiger partial charge in [-0.15, -0.1) is 0 Å². The Bertz CT molecular complexity index is 2150. The highest BCUT2D eigenvalue weighted by atomic mass is 31.2. The molecular formula is C54H99N3O27P2. The summed E-state index contributed by atoms with van der Waals surface area (Å²) in [5.41, 5.74) is 0. The van der Waals surface area contributed by atoms with Crippen LogP contribution in [0.3, 0.4) is 0 Å². The van der Waals surface area contributed by atoms with Crippen molar-refractivity contribution in [3.05, 3.63) is 0 Å². The molecule has 0 aliphatic carbocycles. The first-order chi connectivity index (χ1) is 40.5. The monoisotopic (exact) mass is 1280 g/mol. The fraction of sp³-hybridized carbons (Fsp3) is 0.944. The lowest BCUT2D eigenvalue weighted by Crippen LogP contribution is -2.55. The standard InChI is InChI=1S/C50H89N3O27P2.C4H10/c1-5-9-30-17-34(20-52(30)40(59)11-7-14-72-49-28(3)43(62)46(65)37(23-55)77-49)79-82(69,70)75-26-32-18-35(21-53(32)41(60)12-8-15-73-50-29(4)44(63)47(66)38(24-56)78-50)80-81(67,68)74-25-31-16-33(57)19-51(31)39(58)10-6-13-71-48-27(2)42(61)45(64)36(22-54)76-48;1-4(2)3/h27-38,42-50,54-57,61-66H,5-26H2,1-4H3,(H,67,68)(H,69,70);4H,1-3H3/t27?,28?,29?,30-,31+,32+,33-,34-,35-,36?,37?,38?,42-,43-,44-,45+,46+,47+,48-,49-,50-;/m1./s1. The highest BCUT2D eigenvalue weighted by Crippen LogP contribution is 2.50. The van der Waals surface area contributed by atoms with Gasteiger partial charge in [0.1, 0.15) is 36.6 Å². The summed E-state index contributed by atoms with van der Waals surface area (Å²) in [6.07, 6.45) is -15.4. The molecule has 0 bridgehead atoms. The summed E-state index contributed by atoms with van der Waals surface area (Å²) in [5, 5.41) is 101. The van der Waals surface area contributed by atoms with Crippen molar-refractivity contribution in [3.8, 4) is 0 Å². The van der Waals surface area contributed by atoms with Gasteiger partial charge in [0.25, 0.3) is 0 Å². The fourth-order valence-electron chi connectivity index (χ4n) is 11.4. The van der Waals surface area contributed by atoms with Gasteiger partial charge in [0.2, 0.25) is 17.7 Å². The maximum Gasteiger partial charge on any atom is 0.472 e. The van der Waals surface area contributed by atoms with Crippen molar-refractivity contribution in [1.82, 2.24) is 14.7 Å². The molecule has 6 heterocycles. The van der Waals surface area contributed by atoms with Gasteiger partial charge >= 0.3 is 15.6 Å². The predicted molar refractivity (Wildman–Crippen MR) is 299 cm³/mol. The maximum atomic E-state index is 13.9. The van der Waals surface area contributed by atoms with E-state index in [9.17, 15) is 84.4 Å². The molecule has 23 atom stereocenters. The van der Waals surface area contributed by atoms with Gasteiger partial charge < -0.3 is 104 Å². The molecule has 6 aliphatic heterocycles. The molecule has 0 spiro atoms. The van der Waals surface area contributed by atoms with E-state index in [1.54, 1.807) is 25.7 Å². The molecule has 6 saturated heterocycles. The summed E-state index contributed by atoms with van der Waals surface area (Å²) < 4.78 is 83.3. The molecule has 0 radical (unpaired) electrons. The van der Waals surface area contributed by atoms with Crippen LogP contribution in [0.5, 0.6) is 0 Å². The third-order valence-electron chi connectivity index (χ3n) is 16.2. The number of nitrogens with zero attached hydrogens (tertiary/aromatic N) is 3. The van der Waals surface area contributed by atoms with E-state index in [0.717, 1.165) is 5.92 Å². The Balaban J connectivity index is 0.00000327. The summed E-state index contributed by atoms with van der Waals surface area (Å²) in [6, 6.07) is -2.23. The second-order valence-electron chi connectivity index (χ2n) is 24.1. The molecule has 6 aliphatic rings. The van der Waals surface area contributed by atoms with Crippen molar-refractivity contribution in [2.24, 2.45) is 23.7 Å². The summed E-state index contributed by atoms with van der Waals surface area (Å²) in [6.45, 7) is 9.90. The minimum absolute atomic E-state index is 0.000920. The lowest BCUT2D eigenvalue weighted by molar-refractivity contribution is -0.282. The smallest absolute Gasteiger partial charge is 0.394 e. The van der Waals surface area contributed by atoms with E-state index in [0.29, 0.717) is 12.8 Å². The number of phosphoric acid groups is 2. The Kier molecular flexibility index (Phi) is 30.5. The van der Waals surface area contributed by atoms with Crippen LogP contribution in [0.4, 0.5) is 0 Å². The third kappa shape index (κ3) is 21.5. The number of hydrogen-bond donors (Lipinski definition) is 12. The lowest BCUT2D eigenvalue weighted by atomic mass is 9.92. The molecular weight excluding hydrogens is 1180 g/mol. The van der Waals surface area contributed by atoms with E-state index in [1.165, 1.54) is 9.80 Å². The quantitative estimate of drug-likeness (QED) is 0.0310. The van der Waals surface area contributed by atoms with Crippen molar-refractivity contribution < 1.29 is 131 Å². The minimum Gasteiger partial charge on any atom is -0.394 e. The predicted octanol–water partition coefficient (Wildman–Crippen LogP) is -0.767. The summed E-state index contributed by atoms with van der Waals surface area (Å²) in [4.78, 5) is 67.0. The van der Waals surface area contributed by atoms with Gasteiger partial charge in [0.15, 0.2) is 18.9 Å². The second kappa shape index (κ2) is 35.1. The number of carbonyl (C=O) groups excluding carboxylic acids is 3. The van der Waals surface area contributed by atoms with Gasteiger partial charge in [0, 0.05) is 62.7 Å². The van der Waals surface area contributed by atoms with Crippen LogP contribution in [0.1, 0.15) is 119 Å². The number of aliphatic hydroxyl groups excluding tert-OH is 10. The molecule has 86 heavy (non-hydrogen) atoms. The third-order valence-corrected chi connectivity index (χ3v) is 18.2. The van der Waals surface area contributed by atoms with Crippen LogP contribution in [-0.2, 0) is 70.0 Å². The molecule has 0 aromatic rings. The molecule has 0 aromatic heterocycles. The van der Waals surface area contributed by atoms with Crippen LogP contribution in [0.15, 0.2) is 0 Å². The van der Waals surface area contributed by atoms with Gasteiger partial charge in [-0.1, -0.05) is 54.9 Å². The molecule has 0 saturated carbocycles. The van der Waals surface area contributed by atoms with Crippen molar-refractivity contribution >= 4 is 33.4 Å². The molecule has 32 heteroatoms. The zero-order valence-electron chi connectivity index (χ0n) is 50.5. The van der Waals surface area contributed by atoms with Crippen molar-refractivity contribution in [2.75, 3.05) is 72.5 Å². The topological polar surface area (TPSA) is 430 Å². The van der Waals surface area contributed by atoms with E-state index in [-0.39, 0.29) is 109 Å². The molecule has 0 aromatic carbocycles. The normalized spacial score (nSPS) is 37.3. The van der Waals surface area contributed by atoms with Crippen molar-refractivity contribution in [2.45, 2.75) is 229 Å². The largest absolute Gasteiger partial charge is 0.472 e. The summed E-state index contributed by atoms with van der Waals surface area (Å²) in [5.74, 6) is -2.38. The van der Waals surface area contributed by atoms with Crippen LogP contribution < -0.4 is 0 Å². The highest BCUT2D eigenvalue weighted by molar-refractivity contribution is 7.47. The van der Waals surface area contributed by atoms with Crippen LogP contribution in [0.25, 0.3) is 0 Å². The molecule has 30 nitrogen and oxygen atoms in total. The van der Waals surface area contributed by atoms with E-state index in [4.69, 9.17) is 46.5 Å². The SMILES string of the molecule is CC(C)C.CCC[C@@H]1C[C@@H](OP(=O)(O)OC[C@@H]2C[C@@H](OP(=O)(O)OC[C@@H]3C[C@@H](O)CN3C(=O)CCCO[C@@H]3OC(CO)[C@H](O)[C@H](O)C3C)CN2C(=O)CCCO[C@@H]2OC(CO)[C@H](O)[C@H](O)C2C)CN1C(=O)CCCO[C@@H]1OC(CO)[C@H](O)[C@H](O)C1C. The number of carbonyl (C=O) groups is 3. The molecule has 8 unspecified atom stereocenters. The number of phosphoric ester groups is 2. The van der Waals surface area contributed by atoms with Crippen LogP contribution in [-0.4, -0.2) is 276 Å². The summed E-state index contributed by atoms with van der Waals surface area (Å²) in [7, 11) is -9.92. The first-order valence-electron chi connectivity index (χ1n) is 30.1. The second-order valence-corrected chi connectivity index (χ2v) is 26.9. The highest BCUT2D eigenvalue weighted by Gasteiger charge is 2.47. The lowest BCUT2D eigenvalue weighted by Gasteiger charge is -2.40. The van der Waals surface area contributed by atoms with E-state index in [2.05, 4.69) is 20.8 Å². The van der Waals surface area contributed by atoms with E-state index in [1.807, 2.05) is 6.92 Å². The average molecular weight is 1280 g/mol. The number of likely N-dealkylation sites (tertiary alicyclic amines) is 3. The molecule has 12 N–H and O–H groups in total. The van der Waals surface area contributed by atoms with Crippen molar-refractivity contribution in [3.63, 3.8) is 0 Å². The van der Waals surface area contributed by atoms with E-state index >= 15 is 0 Å². The Hall–Kier alpha value is -2.01. The van der Waals surface area contributed by atoms with Crippen LogP contribution in [0.2, 0.25) is 0 Å². The van der Waals surface area contributed by atoms with Gasteiger partial charge in [-0.2, -0.15) is 0 Å². The van der Waals surface area contributed by atoms with E-state index < -0.39 is 182 Å². The zero-order valence-corrected chi connectivity index (χ0v) is 52.3. The van der Waals surface area contributed by atoms with Crippen LogP contribution >= 0.6 is 15.6 Å². The molecule has 3 amide bonds. The van der Waals surface area contributed by atoms with Crippen LogP contribution in [0, 0.1) is 23.7 Å². The number of rotatable bonds is 30.